The van der Waals surface area contributed by atoms with Gasteiger partial charge >= 0.3 is 6.01 Å². The van der Waals surface area contributed by atoms with Crippen LogP contribution in [-0.4, -0.2) is 44.0 Å². The first-order chi connectivity index (χ1) is 13.2. The zero-order valence-corrected chi connectivity index (χ0v) is 17.5. The van der Waals surface area contributed by atoms with E-state index in [-0.39, 0.29) is 12.0 Å². The Balaban J connectivity index is 1.55. The van der Waals surface area contributed by atoms with Gasteiger partial charge in [0.25, 0.3) is 0 Å². The summed E-state index contributed by atoms with van der Waals surface area (Å²) in [6, 6.07) is 8.53. The zero-order chi connectivity index (χ0) is 20.3. The number of hydrogen-bond acceptors (Lipinski definition) is 7. The maximum Gasteiger partial charge on any atom is 0.324 e. The molecule has 2 aromatic rings. The smallest absolute Gasteiger partial charge is 0.324 e. The minimum absolute atomic E-state index is 0.00421. The molecule has 1 N–H and O–H groups in total. The summed E-state index contributed by atoms with van der Waals surface area (Å²) in [6.45, 7) is 7.80. The van der Waals surface area contributed by atoms with Gasteiger partial charge in [-0.1, -0.05) is 19.0 Å². The number of aromatic nitrogens is 2. The molecule has 1 unspecified atom stereocenters. The van der Waals surface area contributed by atoms with Crippen LogP contribution in [0.15, 0.2) is 22.7 Å². The molecule has 3 rings (SSSR count). The average Bonchev–Trinajstić information content (AvgIpc) is 3.11. The Morgan fingerprint density at radius 1 is 1.32 bits per heavy atom. The van der Waals surface area contributed by atoms with Gasteiger partial charge in [-0.3, -0.25) is 4.72 Å². The van der Waals surface area contributed by atoms with E-state index in [1.54, 1.807) is 18.2 Å². The third kappa shape index (κ3) is 5.37. The molecule has 1 saturated heterocycles. The molecule has 0 bridgehead atoms. The Labute approximate surface area is 166 Å². The van der Waals surface area contributed by atoms with E-state index in [4.69, 9.17) is 9.26 Å². The fourth-order valence-electron chi connectivity index (χ4n) is 3.24. The van der Waals surface area contributed by atoms with Crippen LogP contribution in [0.25, 0.3) is 0 Å². The fourth-order valence-corrected chi connectivity index (χ4v) is 3.76. The van der Waals surface area contributed by atoms with Gasteiger partial charge < -0.3 is 14.2 Å². The summed E-state index contributed by atoms with van der Waals surface area (Å²) in [4.78, 5) is 6.59. The highest BCUT2D eigenvalue weighted by Crippen LogP contribution is 2.28. The maximum absolute atomic E-state index is 11.4. The van der Waals surface area contributed by atoms with E-state index >= 15 is 0 Å². The highest BCUT2D eigenvalue weighted by Gasteiger charge is 2.28. The number of rotatable bonds is 7. The third-order valence-electron chi connectivity index (χ3n) is 4.81. The first-order valence-corrected chi connectivity index (χ1v) is 11.3. The first-order valence-electron chi connectivity index (χ1n) is 9.46. The van der Waals surface area contributed by atoms with Crippen molar-refractivity contribution in [2.45, 2.75) is 45.6 Å². The van der Waals surface area contributed by atoms with Crippen molar-refractivity contribution in [2.75, 3.05) is 29.0 Å². The molecule has 2 heterocycles. The van der Waals surface area contributed by atoms with Crippen LogP contribution in [-0.2, 0) is 10.0 Å². The minimum Gasteiger partial charge on any atom is -0.490 e. The molecule has 1 aliphatic heterocycles. The largest absolute Gasteiger partial charge is 0.490 e. The molecule has 0 spiro atoms. The Morgan fingerprint density at radius 2 is 2.04 bits per heavy atom. The molecule has 0 saturated carbocycles. The molecular formula is C19H27N4O4S. The average molecular weight is 408 g/mol. The van der Waals surface area contributed by atoms with Gasteiger partial charge in [-0.05, 0) is 37.8 Å². The highest BCUT2D eigenvalue weighted by atomic mass is 32.2. The van der Waals surface area contributed by atoms with Crippen molar-refractivity contribution < 1.29 is 17.7 Å². The summed E-state index contributed by atoms with van der Waals surface area (Å²) in [5.41, 5.74) is 0.374. The third-order valence-corrected chi connectivity index (χ3v) is 5.40. The molecule has 1 fully saturated rings. The van der Waals surface area contributed by atoms with Crippen molar-refractivity contribution in [3.8, 4) is 5.75 Å². The second-order valence-corrected chi connectivity index (χ2v) is 9.30. The molecule has 8 nitrogen and oxygen atoms in total. The van der Waals surface area contributed by atoms with Gasteiger partial charge in [-0.25, -0.2) is 8.42 Å². The number of anilines is 2. The normalized spacial score (nSPS) is 17.0. The quantitative estimate of drug-likeness (QED) is 0.753. The summed E-state index contributed by atoms with van der Waals surface area (Å²) < 4.78 is 36.6. The van der Waals surface area contributed by atoms with Crippen LogP contribution in [0.5, 0.6) is 5.75 Å². The van der Waals surface area contributed by atoms with Crippen LogP contribution < -0.4 is 14.4 Å². The van der Waals surface area contributed by atoms with E-state index in [1.165, 1.54) is 0 Å². The summed E-state index contributed by atoms with van der Waals surface area (Å²) in [7, 11) is -3.34. The molecule has 153 valence electrons. The molecule has 1 aromatic carbocycles. The lowest BCUT2D eigenvalue weighted by atomic mass is 9.92. The van der Waals surface area contributed by atoms with Crippen molar-refractivity contribution >= 4 is 21.7 Å². The van der Waals surface area contributed by atoms with Gasteiger partial charge in [0.05, 0.1) is 18.0 Å². The van der Waals surface area contributed by atoms with Crippen LogP contribution in [0, 0.1) is 12.0 Å². The number of nitrogens with zero attached hydrogens (tertiary/aromatic N) is 3. The van der Waals surface area contributed by atoms with E-state index in [0.717, 1.165) is 38.0 Å². The lowest BCUT2D eigenvalue weighted by molar-refractivity contribution is 0.132. The molecule has 1 aliphatic rings. The number of nitrogens with one attached hydrogen (secondary N) is 1. The molecule has 9 heteroatoms. The molecule has 1 atom stereocenters. The van der Waals surface area contributed by atoms with Crippen molar-refractivity contribution in [3.63, 3.8) is 0 Å². The molecule has 1 aromatic heterocycles. The maximum atomic E-state index is 11.4. The molecular weight excluding hydrogens is 380 g/mol. The standard InChI is InChI=1S/C19H27N4O4S/c1-13(2)18-20-19(27-21-18)23-10-8-15(9-11-23)14(3)26-17-7-5-6-16(12-17)22-28(4,24)25/h5,7,12-15,22H,8-11H2,1-4H3. The Morgan fingerprint density at radius 3 is 2.64 bits per heavy atom. The van der Waals surface area contributed by atoms with E-state index in [0.29, 0.717) is 23.4 Å². The lowest BCUT2D eigenvalue weighted by Crippen LogP contribution is -2.38. The van der Waals surface area contributed by atoms with E-state index in [1.807, 2.05) is 20.8 Å². The fraction of sp³-hybridized carbons (Fsp3) is 0.579. The number of ether oxygens (including phenoxy) is 1. The first kappa shape index (κ1) is 20.4. The second-order valence-electron chi connectivity index (χ2n) is 7.55. The van der Waals surface area contributed by atoms with Crippen LogP contribution in [0.4, 0.5) is 11.7 Å². The number of sulfonamides is 1. The van der Waals surface area contributed by atoms with Gasteiger partial charge in [0.2, 0.25) is 10.0 Å². The number of benzene rings is 1. The number of hydrogen-bond donors (Lipinski definition) is 1. The van der Waals surface area contributed by atoms with Crippen LogP contribution >= 0.6 is 0 Å². The van der Waals surface area contributed by atoms with Gasteiger partial charge in [-0.2, -0.15) is 4.98 Å². The SMILES string of the molecule is CC(C)c1noc(N2CCC(C(C)Oc3cc[c]c(NS(C)(=O)=O)c3)CC2)n1. The zero-order valence-electron chi connectivity index (χ0n) is 16.7. The summed E-state index contributed by atoms with van der Waals surface area (Å²) in [6.07, 6.45) is 3.02. The Bertz CT molecular complexity index is 889. The minimum atomic E-state index is -3.34. The van der Waals surface area contributed by atoms with E-state index < -0.39 is 10.0 Å². The topological polar surface area (TPSA) is 97.6 Å². The highest BCUT2D eigenvalue weighted by molar-refractivity contribution is 7.92. The summed E-state index contributed by atoms with van der Waals surface area (Å²) >= 11 is 0. The van der Waals surface area contributed by atoms with E-state index in [2.05, 4.69) is 25.8 Å². The van der Waals surface area contributed by atoms with E-state index in [9.17, 15) is 8.42 Å². The Kier molecular flexibility index (Phi) is 6.12. The Hall–Kier alpha value is -2.29. The summed E-state index contributed by atoms with van der Waals surface area (Å²) in [5, 5.41) is 4.03. The van der Waals surface area contributed by atoms with Crippen molar-refractivity contribution in [3.05, 3.63) is 30.1 Å². The van der Waals surface area contributed by atoms with Gasteiger partial charge in [0.15, 0.2) is 5.82 Å². The second kappa shape index (κ2) is 8.38. The monoisotopic (exact) mass is 407 g/mol. The van der Waals surface area contributed by atoms with Crippen LogP contribution in [0.3, 0.4) is 0 Å². The van der Waals surface area contributed by atoms with Gasteiger partial charge in [0.1, 0.15) is 5.75 Å². The van der Waals surface area contributed by atoms with Gasteiger partial charge in [-0.15, -0.1) is 0 Å². The predicted octanol–water partition coefficient (Wildman–Crippen LogP) is 3.05. The lowest BCUT2D eigenvalue weighted by Gasteiger charge is -2.33. The van der Waals surface area contributed by atoms with Gasteiger partial charge in [0, 0.05) is 31.1 Å². The molecule has 0 aliphatic carbocycles. The van der Waals surface area contributed by atoms with Crippen LogP contribution in [0.2, 0.25) is 0 Å². The van der Waals surface area contributed by atoms with Crippen molar-refractivity contribution in [1.29, 1.82) is 0 Å². The molecule has 1 radical (unpaired) electrons. The molecule has 0 amide bonds. The molecule has 28 heavy (non-hydrogen) atoms. The number of piperidine rings is 1. The summed E-state index contributed by atoms with van der Waals surface area (Å²) in [5.74, 6) is 1.99. The van der Waals surface area contributed by atoms with Crippen molar-refractivity contribution in [1.82, 2.24) is 10.1 Å². The van der Waals surface area contributed by atoms with Crippen LogP contribution in [0.1, 0.15) is 45.4 Å². The predicted molar refractivity (Wildman–Crippen MR) is 107 cm³/mol. The van der Waals surface area contributed by atoms with Crippen molar-refractivity contribution in [2.24, 2.45) is 5.92 Å².